The van der Waals surface area contributed by atoms with E-state index in [1.807, 2.05) is 19.9 Å². The summed E-state index contributed by atoms with van der Waals surface area (Å²) in [5.41, 5.74) is 1.65. The molecule has 0 spiro atoms. The zero-order valence-corrected chi connectivity index (χ0v) is 12.2. The number of carbonyl (C=O) groups excluding carboxylic acids is 2. The van der Waals surface area contributed by atoms with Crippen molar-refractivity contribution in [3.05, 3.63) is 29.3 Å². The Kier molecular flexibility index (Phi) is 4.09. The number of aryl methyl sites for hydroxylation is 1. The summed E-state index contributed by atoms with van der Waals surface area (Å²) in [4.78, 5) is 24.0. The molecule has 2 amide bonds. The molecule has 1 aliphatic rings. The van der Waals surface area contributed by atoms with Crippen LogP contribution in [-0.2, 0) is 4.79 Å². The highest BCUT2D eigenvalue weighted by atomic mass is 16.2. The average molecular weight is 275 g/mol. The van der Waals surface area contributed by atoms with Crippen LogP contribution in [0.15, 0.2) is 18.2 Å². The molecule has 0 aliphatic carbocycles. The topological polar surface area (TPSA) is 70.2 Å². The summed E-state index contributed by atoms with van der Waals surface area (Å²) in [6.07, 6.45) is 1.83. The van der Waals surface area contributed by atoms with Crippen LogP contribution in [0, 0.1) is 6.92 Å². The lowest BCUT2D eigenvalue weighted by Crippen LogP contribution is -2.48. The van der Waals surface area contributed by atoms with Gasteiger partial charge in [0.25, 0.3) is 5.91 Å². The highest BCUT2D eigenvalue weighted by Crippen LogP contribution is 2.23. The van der Waals surface area contributed by atoms with Crippen LogP contribution in [0.1, 0.15) is 35.7 Å². The first kappa shape index (κ1) is 14.5. The Balaban J connectivity index is 2.20. The molecule has 108 valence electrons. The predicted octanol–water partition coefficient (Wildman–Crippen LogP) is 1.44. The highest BCUT2D eigenvalue weighted by Gasteiger charge is 2.36. The van der Waals surface area contributed by atoms with Gasteiger partial charge in [0.15, 0.2) is 0 Å². The lowest BCUT2D eigenvalue weighted by Gasteiger charge is -2.23. The fraction of sp³-hybridized carbons (Fsp3) is 0.467. The van der Waals surface area contributed by atoms with Crippen molar-refractivity contribution < 1.29 is 9.59 Å². The maximum Gasteiger partial charge on any atom is 0.251 e. The second-order valence-electron chi connectivity index (χ2n) is 5.43. The Morgan fingerprint density at radius 1 is 1.35 bits per heavy atom. The molecule has 1 heterocycles. The summed E-state index contributed by atoms with van der Waals surface area (Å²) in [7, 11) is 1.59. The molecule has 1 unspecified atom stereocenters. The molecular formula is C15H21N3O2. The minimum atomic E-state index is -0.518. The number of carbonyl (C=O) groups is 2. The van der Waals surface area contributed by atoms with E-state index >= 15 is 0 Å². The van der Waals surface area contributed by atoms with Crippen molar-refractivity contribution in [3.63, 3.8) is 0 Å². The Labute approximate surface area is 119 Å². The van der Waals surface area contributed by atoms with Crippen LogP contribution in [0.25, 0.3) is 0 Å². The molecule has 2 rings (SSSR count). The molecule has 5 nitrogen and oxygen atoms in total. The molecule has 5 heteroatoms. The molecule has 1 aromatic carbocycles. The lowest BCUT2D eigenvalue weighted by atomic mass is 9.98. The third-order valence-corrected chi connectivity index (χ3v) is 3.84. The van der Waals surface area contributed by atoms with Crippen molar-refractivity contribution in [1.29, 1.82) is 0 Å². The van der Waals surface area contributed by atoms with Crippen LogP contribution in [0.4, 0.5) is 5.69 Å². The van der Waals surface area contributed by atoms with Crippen LogP contribution >= 0.6 is 0 Å². The van der Waals surface area contributed by atoms with Crippen molar-refractivity contribution in [2.75, 3.05) is 18.9 Å². The number of nitrogens with one attached hydrogen (secondary N) is 3. The monoisotopic (exact) mass is 275 g/mol. The summed E-state index contributed by atoms with van der Waals surface area (Å²) in [5.74, 6) is -0.210. The van der Waals surface area contributed by atoms with Crippen LogP contribution in [0.2, 0.25) is 0 Å². The van der Waals surface area contributed by atoms with Gasteiger partial charge in [0.1, 0.15) is 0 Å². The van der Waals surface area contributed by atoms with E-state index in [-0.39, 0.29) is 11.8 Å². The van der Waals surface area contributed by atoms with E-state index in [9.17, 15) is 9.59 Å². The van der Waals surface area contributed by atoms with Gasteiger partial charge >= 0.3 is 0 Å². The van der Waals surface area contributed by atoms with E-state index < -0.39 is 5.54 Å². The maximum absolute atomic E-state index is 12.4. The van der Waals surface area contributed by atoms with Gasteiger partial charge in [0.05, 0.1) is 5.54 Å². The second kappa shape index (κ2) is 5.63. The van der Waals surface area contributed by atoms with Crippen molar-refractivity contribution in [1.82, 2.24) is 10.6 Å². The van der Waals surface area contributed by atoms with Gasteiger partial charge in [-0.1, -0.05) is 6.07 Å². The van der Waals surface area contributed by atoms with E-state index in [0.717, 1.165) is 24.9 Å². The van der Waals surface area contributed by atoms with E-state index in [4.69, 9.17) is 0 Å². The van der Waals surface area contributed by atoms with Gasteiger partial charge in [-0.3, -0.25) is 9.59 Å². The standard InChI is InChI=1S/C15H21N3O2/c1-10-5-6-11(13(19)16-3)9-12(10)18-14(20)15(2)7-4-8-17-15/h5-6,9,17H,4,7-8H2,1-3H3,(H,16,19)(H,18,20). The largest absolute Gasteiger partial charge is 0.355 e. The van der Waals surface area contributed by atoms with Gasteiger partial charge in [-0.25, -0.2) is 0 Å². The molecule has 0 aromatic heterocycles. The van der Waals surface area contributed by atoms with Gasteiger partial charge in [-0.2, -0.15) is 0 Å². The normalized spacial score (nSPS) is 21.6. The first-order chi connectivity index (χ1) is 9.46. The molecular weight excluding hydrogens is 254 g/mol. The van der Waals surface area contributed by atoms with Gasteiger partial charge in [-0.05, 0) is 50.9 Å². The summed E-state index contributed by atoms with van der Waals surface area (Å²) >= 11 is 0. The second-order valence-corrected chi connectivity index (χ2v) is 5.43. The fourth-order valence-electron chi connectivity index (χ4n) is 2.39. The number of amides is 2. The van der Waals surface area contributed by atoms with Gasteiger partial charge in [-0.15, -0.1) is 0 Å². The van der Waals surface area contributed by atoms with Crippen LogP contribution < -0.4 is 16.0 Å². The van der Waals surface area contributed by atoms with Crippen LogP contribution in [-0.4, -0.2) is 30.9 Å². The molecule has 20 heavy (non-hydrogen) atoms. The van der Waals surface area contributed by atoms with Crippen molar-refractivity contribution in [2.24, 2.45) is 0 Å². The lowest BCUT2D eigenvalue weighted by molar-refractivity contribution is -0.121. The van der Waals surface area contributed by atoms with Gasteiger partial charge < -0.3 is 16.0 Å². The van der Waals surface area contributed by atoms with E-state index in [1.165, 1.54) is 0 Å². The fourth-order valence-corrected chi connectivity index (χ4v) is 2.39. The Hall–Kier alpha value is -1.88. The number of anilines is 1. The average Bonchev–Trinajstić information content (AvgIpc) is 2.88. The van der Waals surface area contributed by atoms with Crippen molar-refractivity contribution in [3.8, 4) is 0 Å². The third-order valence-electron chi connectivity index (χ3n) is 3.84. The molecule has 1 fully saturated rings. The maximum atomic E-state index is 12.4. The molecule has 1 atom stereocenters. The summed E-state index contributed by atoms with van der Waals surface area (Å²) < 4.78 is 0. The third kappa shape index (κ3) is 2.82. The smallest absolute Gasteiger partial charge is 0.251 e. The molecule has 0 bridgehead atoms. The number of benzene rings is 1. The Morgan fingerprint density at radius 2 is 2.10 bits per heavy atom. The van der Waals surface area contributed by atoms with E-state index in [2.05, 4.69) is 16.0 Å². The first-order valence-corrected chi connectivity index (χ1v) is 6.85. The SMILES string of the molecule is CNC(=O)c1ccc(C)c(NC(=O)C2(C)CCCN2)c1. The van der Waals surface area contributed by atoms with Gasteiger partial charge in [0.2, 0.25) is 5.91 Å². The zero-order valence-electron chi connectivity index (χ0n) is 12.2. The minimum Gasteiger partial charge on any atom is -0.355 e. The Morgan fingerprint density at radius 3 is 2.70 bits per heavy atom. The molecule has 0 radical (unpaired) electrons. The van der Waals surface area contributed by atoms with Crippen molar-refractivity contribution in [2.45, 2.75) is 32.2 Å². The molecule has 1 saturated heterocycles. The van der Waals surface area contributed by atoms with Gasteiger partial charge in [0, 0.05) is 18.3 Å². The number of rotatable bonds is 3. The summed E-state index contributed by atoms with van der Waals surface area (Å²) in [6.45, 7) is 4.68. The minimum absolute atomic E-state index is 0.0489. The van der Waals surface area contributed by atoms with E-state index in [1.54, 1.807) is 19.2 Å². The number of hydrogen-bond acceptors (Lipinski definition) is 3. The quantitative estimate of drug-likeness (QED) is 0.781. The first-order valence-electron chi connectivity index (χ1n) is 6.85. The predicted molar refractivity (Wildman–Crippen MR) is 78.8 cm³/mol. The van der Waals surface area contributed by atoms with E-state index in [0.29, 0.717) is 11.3 Å². The van der Waals surface area contributed by atoms with Crippen LogP contribution in [0.5, 0.6) is 0 Å². The molecule has 3 N–H and O–H groups in total. The molecule has 1 aliphatic heterocycles. The Bertz CT molecular complexity index is 534. The molecule has 1 aromatic rings. The zero-order chi connectivity index (χ0) is 14.8. The summed E-state index contributed by atoms with van der Waals surface area (Å²) in [5, 5.41) is 8.74. The number of hydrogen-bond donors (Lipinski definition) is 3. The molecule has 0 saturated carbocycles. The van der Waals surface area contributed by atoms with Crippen molar-refractivity contribution >= 4 is 17.5 Å². The van der Waals surface area contributed by atoms with Crippen LogP contribution in [0.3, 0.4) is 0 Å². The summed E-state index contributed by atoms with van der Waals surface area (Å²) in [6, 6.07) is 5.30. The highest BCUT2D eigenvalue weighted by molar-refractivity contribution is 6.00.